The van der Waals surface area contributed by atoms with Crippen molar-refractivity contribution in [2.75, 3.05) is 0 Å². The van der Waals surface area contributed by atoms with Crippen LogP contribution in [0.15, 0.2) is 0 Å². The second-order valence-corrected chi connectivity index (χ2v) is 3.11. The van der Waals surface area contributed by atoms with Gasteiger partial charge < -0.3 is 4.74 Å². The van der Waals surface area contributed by atoms with Gasteiger partial charge in [0.05, 0.1) is 0 Å². The van der Waals surface area contributed by atoms with Crippen LogP contribution < -0.4 is 0 Å². The molecular formula is C10H19O2. The van der Waals surface area contributed by atoms with Crippen LogP contribution in [0.4, 0.5) is 0 Å². The molecule has 0 heterocycles. The molecule has 0 rings (SSSR count). The number of carbonyl (C=O) groups excluding carboxylic acids is 1. The largest absolute Gasteiger partial charge is 0.454 e. The molecule has 0 unspecified atom stereocenters. The van der Waals surface area contributed by atoms with E-state index in [-0.39, 0.29) is 6.10 Å². The molecule has 0 spiro atoms. The number of hydrogen-bond donors (Lipinski definition) is 0. The second kappa shape index (κ2) is 8.57. The van der Waals surface area contributed by atoms with Crippen LogP contribution in [-0.4, -0.2) is 12.6 Å². The molecule has 0 bridgehead atoms. The Balaban J connectivity index is 3.40. The molecule has 0 aliphatic heterocycles. The summed E-state index contributed by atoms with van der Waals surface area (Å²) in [5, 5.41) is 0. The van der Waals surface area contributed by atoms with Gasteiger partial charge in [-0.1, -0.05) is 33.1 Å². The molecule has 12 heavy (non-hydrogen) atoms. The third-order valence-electron chi connectivity index (χ3n) is 1.96. The fourth-order valence-corrected chi connectivity index (χ4v) is 1.27. The summed E-state index contributed by atoms with van der Waals surface area (Å²) in [6, 6.07) is 0. The third-order valence-corrected chi connectivity index (χ3v) is 1.96. The van der Waals surface area contributed by atoms with Crippen molar-refractivity contribution < 1.29 is 9.53 Å². The highest BCUT2D eigenvalue weighted by Gasteiger charge is 2.07. The van der Waals surface area contributed by atoms with Gasteiger partial charge in [0.15, 0.2) is 0 Å². The van der Waals surface area contributed by atoms with Crippen molar-refractivity contribution in [3.63, 3.8) is 0 Å². The maximum Gasteiger partial charge on any atom is 0.417 e. The Morgan fingerprint density at radius 2 is 1.92 bits per heavy atom. The minimum atomic E-state index is 0.110. The summed E-state index contributed by atoms with van der Waals surface area (Å²) in [5.74, 6) is 0. The highest BCUT2D eigenvalue weighted by atomic mass is 16.5. The van der Waals surface area contributed by atoms with E-state index in [1.165, 1.54) is 19.3 Å². The van der Waals surface area contributed by atoms with Gasteiger partial charge in [-0.3, -0.25) is 0 Å². The summed E-state index contributed by atoms with van der Waals surface area (Å²) in [6.45, 7) is 5.80. The van der Waals surface area contributed by atoms with E-state index in [0.29, 0.717) is 0 Å². The Morgan fingerprint density at radius 3 is 2.42 bits per heavy atom. The van der Waals surface area contributed by atoms with Gasteiger partial charge in [-0.2, -0.15) is 0 Å². The zero-order chi connectivity index (χ0) is 9.23. The molecule has 0 aliphatic carbocycles. The fourth-order valence-electron chi connectivity index (χ4n) is 1.27. The van der Waals surface area contributed by atoms with Gasteiger partial charge in [0.2, 0.25) is 0 Å². The lowest BCUT2D eigenvalue weighted by Gasteiger charge is -2.12. The first-order valence-corrected chi connectivity index (χ1v) is 4.87. The van der Waals surface area contributed by atoms with Crippen molar-refractivity contribution in [1.29, 1.82) is 0 Å². The van der Waals surface area contributed by atoms with Crippen molar-refractivity contribution in [3.05, 3.63) is 0 Å². The Morgan fingerprint density at radius 1 is 1.17 bits per heavy atom. The molecule has 0 N–H and O–H groups in total. The minimum Gasteiger partial charge on any atom is -0.454 e. The average molecular weight is 171 g/mol. The summed E-state index contributed by atoms with van der Waals surface area (Å²) < 4.78 is 4.82. The predicted octanol–water partition coefficient (Wildman–Crippen LogP) is 2.82. The third kappa shape index (κ3) is 6.20. The number of hydrogen-bond acceptors (Lipinski definition) is 2. The molecule has 0 saturated carbocycles. The maximum absolute atomic E-state index is 9.98. The van der Waals surface area contributed by atoms with Crippen molar-refractivity contribution in [2.24, 2.45) is 0 Å². The van der Waals surface area contributed by atoms with Gasteiger partial charge in [-0.05, 0) is 19.3 Å². The predicted molar refractivity (Wildman–Crippen MR) is 49.6 cm³/mol. The van der Waals surface area contributed by atoms with E-state index in [0.717, 1.165) is 25.7 Å². The lowest BCUT2D eigenvalue weighted by atomic mass is 10.1. The van der Waals surface area contributed by atoms with Crippen LogP contribution in [0.2, 0.25) is 0 Å². The smallest absolute Gasteiger partial charge is 0.417 e. The summed E-state index contributed by atoms with van der Waals surface area (Å²) >= 11 is 0. The zero-order valence-electron chi connectivity index (χ0n) is 8.14. The SMILES string of the molecule is CCCCC[C@H](CCC)O[C]=O. The van der Waals surface area contributed by atoms with E-state index in [1.54, 1.807) is 0 Å². The fraction of sp³-hybridized carbons (Fsp3) is 0.900. The van der Waals surface area contributed by atoms with Crippen LogP contribution in [0, 0.1) is 0 Å². The van der Waals surface area contributed by atoms with Crippen LogP contribution in [0.25, 0.3) is 0 Å². The van der Waals surface area contributed by atoms with Crippen LogP contribution in [0.5, 0.6) is 0 Å². The molecule has 0 fully saturated rings. The Kier molecular flexibility index (Phi) is 8.19. The van der Waals surface area contributed by atoms with Crippen molar-refractivity contribution in [3.8, 4) is 0 Å². The highest BCUT2D eigenvalue weighted by Crippen LogP contribution is 2.10. The molecule has 2 heteroatoms. The zero-order valence-corrected chi connectivity index (χ0v) is 8.14. The molecule has 0 amide bonds. The number of unbranched alkanes of at least 4 members (excludes halogenated alkanes) is 2. The van der Waals surface area contributed by atoms with Gasteiger partial charge in [-0.15, -0.1) is 0 Å². The van der Waals surface area contributed by atoms with E-state index in [9.17, 15) is 4.79 Å². The standard InChI is InChI=1S/C10H19O2/c1-3-5-6-8-10(7-4-2)12-9-11/h10H,3-8H2,1-2H3/t10-/m0/s1. The van der Waals surface area contributed by atoms with E-state index in [4.69, 9.17) is 4.74 Å². The van der Waals surface area contributed by atoms with Crippen LogP contribution in [0.1, 0.15) is 52.4 Å². The van der Waals surface area contributed by atoms with E-state index < -0.39 is 0 Å². The van der Waals surface area contributed by atoms with E-state index in [1.807, 2.05) is 0 Å². The summed E-state index contributed by atoms with van der Waals surface area (Å²) in [6.07, 6.45) is 6.74. The first-order valence-electron chi connectivity index (χ1n) is 4.87. The van der Waals surface area contributed by atoms with Crippen molar-refractivity contribution in [2.45, 2.75) is 58.5 Å². The highest BCUT2D eigenvalue weighted by molar-refractivity contribution is 5.38. The van der Waals surface area contributed by atoms with Gasteiger partial charge in [0.1, 0.15) is 6.10 Å². The molecule has 1 atom stereocenters. The van der Waals surface area contributed by atoms with E-state index in [2.05, 4.69) is 13.8 Å². The minimum absolute atomic E-state index is 0.110. The average Bonchev–Trinajstić information content (AvgIpc) is 2.06. The summed E-state index contributed by atoms with van der Waals surface area (Å²) in [4.78, 5) is 9.98. The number of ether oxygens (including phenoxy) is 1. The van der Waals surface area contributed by atoms with Crippen LogP contribution in [-0.2, 0) is 9.53 Å². The van der Waals surface area contributed by atoms with Gasteiger partial charge in [-0.25, -0.2) is 4.79 Å². The van der Waals surface area contributed by atoms with Crippen molar-refractivity contribution >= 4 is 6.47 Å². The van der Waals surface area contributed by atoms with Gasteiger partial charge in [0.25, 0.3) is 0 Å². The molecule has 0 aromatic heterocycles. The second-order valence-electron chi connectivity index (χ2n) is 3.11. The van der Waals surface area contributed by atoms with Gasteiger partial charge >= 0.3 is 6.47 Å². The first kappa shape index (κ1) is 11.5. The van der Waals surface area contributed by atoms with Gasteiger partial charge in [0, 0.05) is 0 Å². The molecule has 0 saturated heterocycles. The van der Waals surface area contributed by atoms with Crippen LogP contribution in [0.3, 0.4) is 0 Å². The molecule has 0 aromatic rings. The van der Waals surface area contributed by atoms with Crippen molar-refractivity contribution in [1.82, 2.24) is 0 Å². The monoisotopic (exact) mass is 171 g/mol. The number of rotatable bonds is 8. The Hall–Kier alpha value is -0.530. The Bertz CT molecular complexity index is 102. The molecule has 0 aliphatic rings. The topological polar surface area (TPSA) is 26.3 Å². The molecule has 1 radical (unpaired) electrons. The normalized spacial score (nSPS) is 12.5. The lowest BCUT2D eigenvalue weighted by Crippen LogP contribution is -2.11. The first-order chi connectivity index (χ1) is 5.85. The molecule has 71 valence electrons. The molecule has 0 aromatic carbocycles. The lowest BCUT2D eigenvalue weighted by molar-refractivity contribution is 0.153. The summed E-state index contributed by atoms with van der Waals surface area (Å²) in [5.41, 5.74) is 0. The molecular weight excluding hydrogens is 152 g/mol. The van der Waals surface area contributed by atoms with E-state index >= 15 is 0 Å². The maximum atomic E-state index is 9.98. The van der Waals surface area contributed by atoms with Crippen LogP contribution >= 0.6 is 0 Å². The summed E-state index contributed by atoms with van der Waals surface area (Å²) in [7, 11) is 0. The Labute approximate surface area is 75.3 Å². The molecule has 2 nitrogen and oxygen atoms in total. The quantitative estimate of drug-likeness (QED) is 0.525.